The van der Waals surface area contributed by atoms with Crippen molar-refractivity contribution in [1.82, 2.24) is 20.1 Å². The molecule has 1 unspecified atom stereocenters. The summed E-state index contributed by atoms with van der Waals surface area (Å²) in [5.74, 6) is 1.24. The minimum Gasteiger partial charge on any atom is -0.461 e. The van der Waals surface area contributed by atoms with Crippen molar-refractivity contribution in [2.75, 3.05) is 6.54 Å². The fourth-order valence-corrected chi connectivity index (χ4v) is 3.59. The standard InChI is InChI=1S/C20H22N4O3S/c1-13(28-20-23-22-19(24(20)3)17-5-4-12-27-17)18(26)16-8-6-15(7-9-16)10-11-21-14(2)25/h4-9,12-13H,10-11H2,1-3H3,(H,21,25). The highest BCUT2D eigenvalue weighted by molar-refractivity contribution is 8.00. The highest BCUT2D eigenvalue weighted by Crippen LogP contribution is 2.27. The lowest BCUT2D eigenvalue weighted by molar-refractivity contribution is -0.118. The fourth-order valence-electron chi connectivity index (χ4n) is 2.70. The van der Waals surface area contributed by atoms with Crippen molar-refractivity contribution in [3.8, 4) is 11.6 Å². The average molecular weight is 398 g/mol. The van der Waals surface area contributed by atoms with Gasteiger partial charge in [0.2, 0.25) is 5.91 Å². The van der Waals surface area contributed by atoms with Crippen LogP contribution in [0.2, 0.25) is 0 Å². The number of carbonyl (C=O) groups is 2. The van der Waals surface area contributed by atoms with Gasteiger partial charge in [-0.1, -0.05) is 36.0 Å². The number of nitrogens with one attached hydrogen (secondary N) is 1. The maximum atomic E-state index is 12.8. The highest BCUT2D eigenvalue weighted by Gasteiger charge is 2.21. The van der Waals surface area contributed by atoms with Gasteiger partial charge in [0.15, 0.2) is 22.5 Å². The van der Waals surface area contributed by atoms with Crippen LogP contribution in [0, 0.1) is 0 Å². The first-order valence-electron chi connectivity index (χ1n) is 8.93. The number of amides is 1. The number of carbonyl (C=O) groups excluding carboxylic acids is 2. The van der Waals surface area contributed by atoms with E-state index < -0.39 is 0 Å². The zero-order chi connectivity index (χ0) is 20.1. The first-order chi connectivity index (χ1) is 13.5. The molecule has 0 aliphatic rings. The molecule has 28 heavy (non-hydrogen) atoms. The van der Waals surface area contributed by atoms with Crippen molar-refractivity contribution in [2.24, 2.45) is 7.05 Å². The quantitative estimate of drug-likeness (QED) is 0.463. The first-order valence-corrected chi connectivity index (χ1v) is 9.81. The Morgan fingerprint density at radius 1 is 1.21 bits per heavy atom. The molecule has 0 aliphatic heterocycles. The molecule has 0 bridgehead atoms. The summed E-state index contributed by atoms with van der Waals surface area (Å²) < 4.78 is 7.18. The van der Waals surface area contributed by atoms with Gasteiger partial charge in [0.1, 0.15) is 0 Å². The normalized spacial score (nSPS) is 12.0. The van der Waals surface area contributed by atoms with E-state index in [1.165, 1.54) is 18.7 Å². The molecule has 0 aliphatic carbocycles. The van der Waals surface area contributed by atoms with E-state index in [-0.39, 0.29) is 16.9 Å². The number of aromatic nitrogens is 3. The SMILES string of the molecule is CC(=O)NCCc1ccc(C(=O)C(C)Sc2nnc(-c3ccco3)n2C)cc1. The number of hydrogen-bond acceptors (Lipinski definition) is 6. The molecule has 3 aromatic rings. The number of ketones is 1. The Labute approximate surface area is 167 Å². The van der Waals surface area contributed by atoms with Crippen molar-refractivity contribution in [1.29, 1.82) is 0 Å². The van der Waals surface area contributed by atoms with Crippen LogP contribution in [0.4, 0.5) is 0 Å². The molecule has 3 rings (SSSR count). The van der Waals surface area contributed by atoms with E-state index in [1.54, 1.807) is 12.3 Å². The predicted octanol–water partition coefficient (Wildman–Crippen LogP) is 3.12. The summed E-state index contributed by atoms with van der Waals surface area (Å²) in [6.45, 7) is 3.94. The lowest BCUT2D eigenvalue weighted by atomic mass is 10.0. The molecule has 1 amide bonds. The van der Waals surface area contributed by atoms with Gasteiger partial charge in [0, 0.05) is 26.1 Å². The van der Waals surface area contributed by atoms with Gasteiger partial charge < -0.3 is 14.3 Å². The van der Waals surface area contributed by atoms with Crippen LogP contribution >= 0.6 is 11.8 Å². The van der Waals surface area contributed by atoms with Gasteiger partial charge in [-0.05, 0) is 31.0 Å². The van der Waals surface area contributed by atoms with Crippen molar-refractivity contribution in [3.05, 3.63) is 53.8 Å². The van der Waals surface area contributed by atoms with Crippen molar-refractivity contribution in [2.45, 2.75) is 30.7 Å². The highest BCUT2D eigenvalue weighted by atomic mass is 32.2. The van der Waals surface area contributed by atoms with Gasteiger partial charge in [0.25, 0.3) is 0 Å². The summed E-state index contributed by atoms with van der Waals surface area (Å²) in [6, 6.07) is 11.1. The maximum absolute atomic E-state index is 12.8. The zero-order valence-electron chi connectivity index (χ0n) is 16.0. The van der Waals surface area contributed by atoms with Crippen molar-refractivity contribution >= 4 is 23.5 Å². The average Bonchev–Trinajstić information content (AvgIpc) is 3.32. The molecule has 2 aromatic heterocycles. The minimum atomic E-state index is -0.308. The molecule has 146 valence electrons. The van der Waals surface area contributed by atoms with Crippen molar-refractivity contribution < 1.29 is 14.0 Å². The second kappa shape index (κ2) is 8.88. The molecular weight excluding hydrogens is 376 g/mol. The van der Waals surface area contributed by atoms with E-state index in [9.17, 15) is 9.59 Å². The third kappa shape index (κ3) is 4.69. The zero-order valence-corrected chi connectivity index (χ0v) is 16.8. The molecule has 0 saturated heterocycles. The Morgan fingerprint density at radius 2 is 1.96 bits per heavy atom. The van der Waals surface area contributed by atoms with E-state index in [0.29, 0.717) is 28.8 Å². The molecule has 2 heterocycles. The number of rotatable bonds is 8. The van der Waals surface area contributed by atoms with Crippen LogP contribution in [0.25, 0.3) is 11.6 Å². The Hall–Kier alpha value is -2.87. The number of nitrogens with zero attached hydrogens (tertiary/aromatic N) is 3. The Balaban J connectivity index is 1.62. The number of hydrogen-bond donors (Lipinski definition) is 1. The van der Waals surface area contributed by atoms with Crippen LogP contribution in [0.1, 0.15) is 29.8 Å². The molecule has 0 fully saturated rings. The van der Waals surface area contributed by atoms with Gasteiger partial charge in [-0.25, -0.2) is 0 Å². The number of benzene rings is 1. The predicted molar refractivity (Wildman–Crippen MR) is 107 cm³/mol. The molecule has 0 radical (unpaired) electrons. The van der Waals surface area contributed by atoms with Gasteiger partial charge >= 0.3 is 0 Å². The molecule has 7 nitrogen and oxygen atoms in total. The van der Waals surface area contributed by atoms with E-state index >= 15 is 0 Å². The third-order valence-electron chi connectivity index (χ3n) is 4.25. The van der Waals surface area contributed by atoms with E-state index in [2.05, 4.69) is 15.5 Å². The first kappa shape index (κ1) is 19.9. The smallest absolute Gasteiger partial charge is 0.216 e. The van der Waals surface area contributed by atoms with Crippen LogP contribution in [-0.2, 0) is 18.3 Å². The molecule has 0 saturated carbocycles. The van der Waals surface area contributed by atoms with Crippen LogP contribution in [0.5, 0.6) is 0 Å². The van der Waals surface area contributed by atoms with Crippen LogP contribution in [0.15, 0.2) is 52.2 Å². The molecule has 1 aromatic carbocycles. The monoisotopic (exact) mass is 398 g/mol. The topological polar surface area (TPSA) is 90.0 Å². The summed E-state index contributed by atoms with van der Waals surface area (Å²) in [7, 11) is 1.85. The maximum Gasteiger partial charge on any atom is 0.216 e. The summed E-state index contributed by atoms with van der Waals surface area (Å²) in [6.07, 6.45) is 2.32. The van der Waals surface area contributed by atoms with E-state index in [1.807, 2.05) is 48.9 Å². The van der Waals surface area contributed by atoms with Crippen LogP contribution < -0.4 is 5.32 Å². The summed E-state index contributed by atoms with van der Waals surface area (Å²) in [5.41, 5.74) is 1.72. The Bertz CT molecular complexity index is 949. The van der Waals surface area contributed by atoms with Crippen LogP contribution in [-0.4, -0.2) is 38.2 Å². The lowest BCUT2D eigenvalue weighted by Gasteiger charge is -2.10. The summed E-state index contributed by atoms with van der Waals surface area (Å²) in [4.78, 5) is 23.7. The summed E-state index contributed by atoms with van der Waals surface area (Å²) >= 11 is 1.36. The lowest BCUT2D eigenvalue weighted by Crippen LogP contribution is -2.22. The van der Waals surface area contributed by atoms with Gasteiger partial charge in [-0.2, -0.15) is 0 Å². The largest absolute Gasteiger partial charge is 0.461 e. The fraction of sp³-hybridized carbons (Fsp3) is 0.300. The van der Waals surface area contributed by atoms with E-state index in [0.717, 1.165) is 12.0 Å². The number of thioether (sulfide) groups is 1. The second-order valence-electron chi connectivity index (χ2n) is 6.40. The van der Waals surface area contributed by atoms with Gasteiger partial charge in [-0.3, -0.25) is 9.59 Å². The minimum absolute atomic E-state index is 0.0287. The summed E-state index contributed by atoms with van der Waals surface area (Å²) in [5, 5.41) is 11.4. The number of Topliss-reactive ketones (excluding diaryl/α,β-unsaturated/α-hetero) is 1. The van der Waals surface area contributed by atoms with Gasteiger partial charge in [-0.15, -0.1) is 10.2 Å². The Kier molecular flexibility index (Phi) is 6.30. The van der Waals surface area contributed by atoms with Crippen molar-refractivity contribution in [3.63, 3.8) is 0 Å². The Morgan fingerprint density at radius 3 is 2.61 bits per heavy atom. The molecule has 1 N–H and O–H groups in total. The third-order valence-corrected chi connectivity index (χ3v) is 5.39. The number of furan rings is 1. The second-order valence-corrected chi connectivity index (χ2v) is 7.70. The van der Waals surface area contributed by atoms with E-state index in [4.69, 9.17) is 4.42 Å². The molecular formula is C20H22N4O3S. The molecule has 0 spiro atoms. The van der Waals surface area contributed by atoms with Crippen LogP contribution in [0.3, 0.4) is 0 Å². The molecule has 8 heteroatoms. The molecule has 1 atom stereocenters. The van der Waals surface area contributed by atoms with Gasteiger partial charge in [0.05, 0.1) is 11.5 Å².